The second-order valence-corrected chi connectivity index (χ2v) is 50.6. The third-order valence-corrected chi connectivity index (χ3v) is 42.0. The van der Waals surface area contributed by atoms with Gasteiger partial charge in [-0.25, -0.2) is 0 Å². The summed E-state index contributed by atoms with van der Waals surface area (Å²) in [4.78, 5) is 11.0. The fourth-order valence-electron chi connectivity index (χ4n) is 35.6. The zero-order valence-corrected chi connectivity index (χ0v) is 88.0. The lowest BCUT2D eigenvalue weighted by Gasteiger charge is -2.38. The van der Waals surface area contributed by atoms with Gasteiger partial charge in [0.05, 0.1) is 12.9 Å². The van der Waals surface area contributed by atoms with Crippen LogP contribution in [0, 0.1) is 213 Å². The minimum atomic E-state index is -0.325. The van der Waals surface area contributed by atoms with E-state index in [9.17, 15) is 4.79 Å². The highest BCUT2D eigenvalue weighted by atomic mass is 16.6. The number of allylic oxidation sites excluding steroid dienone is 27. The zero-order valence-electron chi connectivity index (χ0n) is 88.0. The number of ether oxygens (including phenoxy) is 3. The molecular weight excluding hydrogens is 1670 g/mol. The van der Waals surface area contributed by atoms with Crippen LogP contribution >= 0.6 is 0 Å². The molecule has 37 atom stereocenters. The molecule has 0 N–H and O–H groups in total. The quantitative estimate of drug-likeness (QED) is 0.0178. The van der Waals surface area contributed by atoms with Crippen LogP contribution < -0.4 is 14.2 Å². The van der Waals surface area contributed by atoms with Gasteiger partial charge >= 0.3 is 5.97 Å². The van der Waals surface area contributed by atoms with E-state index >= 15 is 0 Å². The van der Waals surface area contributed by atoms with Gasteiger partial charge in [-0.05, 0) is 455 Å². The SMILES string of the molecule is C/C=C1\CC2C=CC1C2.C/C=C1\CC2CC1C1C3C=CC(C3)C21.C1=CC2C(C1)C1CC2C2C3C=CC(C3)C12.C1=CC2CC1CC2CCCCC1CC2C=CC1C2.C=C(C)Oc1cccc(C2CC3C=CC2C3)c1.CCCCCCC1CC2C=CC1C2.CCCCCCCCC1CC2C=CC1C2.CCCCCCCCCCC1CC2C=CC1C2.COc1cc(CC2CC3C=CC2C3)ccc1OC(C)=O. The monoisotopic (exact) mass is 1860 g/mol. The first kappa shape index (κ1) is 101. The summed E-state index contributed by atoms with van der Waals surface area (Å²) in [5, 5.41) is 0. The second-order valence-electron chi connectivity index (χ2n) is 50.6. The summed E-state index contributed by atoms with van der Waals surface area (Å²) in [5.41, 5.74) is 6.14. The van der Waals surface area contributed by atoms with Crippen LogP contribution in [0.3, 0.4) is 0 Å². The molecule has 2 aromatic rings. The van der Waals surface area contributed by atoms with E-state index in [0.29, 0.717) is 17.4 Å². The summed E-state index contributed by atoms with van der Waals surface area (Å²) < 4.78 is 16.0. The van der Waals surface area contributed by atoms with E-state index in [1.54, 1.807) is 24.7 Å². The fraction of sp³-hybridized carbons (Fsp3) is 0.694. The predicted molar refractivity (Wildman–Crippen MR) is 580 cm³/mol. The Morgan fingerprint density at radius 3 is 1.19 bits per heavy atom. The van der Waals surface area contributed by atoms with E-state index < -0.39 is 0 Å². The topological polar surface area (TPSA) is 44.8 Å². The maximum absolute atomic E-state index is 11.0. The number of methoxy groups -OCH3 is 1. The highest BCUT2D eigenvalue weighted by molar-refractivity contribution is 5.70. The molecule has 0 aliphatic heterocycles. The van der Waals surface area contributed by atoms with Crippen LogP contribution in [0.2, 0.25) is 0 Å². The van der Waals surface area contributed by atoms with Crippen molar-refractivity contribution in [2.24, 2.45) is 213 Å². The maximum atomic E-state index is 11.0. The Bertz CT molecular complexity index is 4670. The summed E-state index contributed by atoms with van der Waals surface area (Å²) in [6.07, 6.45) is 129. The number of rotatable bonds is 33. The lowest BCUT2D eigenvalue weighted by atomic mass is 9.66. The van der Waals surface area contributed by atoms with E-state index in [-0.39, 0.29) is 5.97 Å². The van der Waals surface area contributed by atoms with Crippen molar-refractivity contribution in [3.05, 3.63) is 223 Å². The van der Waals surface area contributed by atoms with Crippen LogP contribution in [0.15, 0.2) is 212 Å². The lowest BCUT2D eigenvalue weighted by molar-refractivity contribution is -0.132. The smallest absolute Gasteiger partial charge is 0.308 e. The Kier molecular flexibility index (Phi) is 35.2. The summed E-state index contributed by atoms with van der Waals surface area (Å²) in [5.74, 6) is 38.4. The average molecular weight is 1860 g/mol. The first-order valence-corrected chi connectivity index (χ1v) is 59.8. The summed E-state index contributed by atoms with van der Waals surface area (Å²) in [6, 6.07) is 14.4. The molecule has 25 aliphatic rings. The summed E-state index contributed by atoms with van der Waals surface area (Å²) in [7, 11) is 1.60. The maximum Gasteiger partial charge on any atom is 0.308 e. The molecule has 4 nitrogen and oxygen atoms in total. The van der Waals surface area contributed by atoms with Gasteiger partial charge in [-0.15, -0.1) is 0 Å². The van der Waals surface area contributed by atoms with Crippen molar-refractivity contribution in [1.82, 2.24) is 0 Å². The summed E-state index contributed by atoms with van der Waals surface area (Å²) in [6.45, 7) is 18.3. The van der Waals surface area contributed by atoms with E-state index in [1.165, 1.54) is 313 Å². The van der Waals surface area contributed by atoms with Crippen molar-refractivity contribution < 1.29 is 19.0 Å². The van der Waals surface area contributed by atoms with Crippen LogP contribution in [0.5, 0.6) is 17.2 Å². The zero-order chi connectivity index (χ0) is 94.5. The third-order valence-electron chi connectivity index (χ3n) is 42.0. The molecule has 14 fully saturated rings. The Morgan fingerprint density at radius 1 is 0.348 bits per heavy atom. The number of esters is 1. The van der Waals surface area contributed by atoms with Crippen molar-refractivity contribution in [2.75, 3.05) is 7.11 Å². The number of carbonyl (C=O) groups is 1. The number of benzene rings is 2. The predicted octanol–water partition coefficient (Wildman–Crippen LogP) is 36.7. The third kappa shape index (κ3) is 24.3. The molecule has 0 saturated heterocycles. The van der Waals surface area contributed by atoms with Gasteiger partial charge in [0.15, 0.2) is 11.5 Å². The molecule has 24 bridgehead atoms. The van der Waals surface area contributed by atoms with Crippen LogP contribution in [-0.2, 0) is 11.2 Å². The van der Waals surface area contributed by atoms with Gasteiger partial charge in [-0.2, -0.15) is 0 Å². The van der Waals surface area contributed by atoms with Crippen LogP contribution in [0.1, 0.15) is 367 Å². The Morgan fingerprint density at radius 2 is 0.775 bits per heavy atom. The molecule has 750 valence electrons. The van der Waals surface area contributed by atoms with Crippen molar-refractivity contribution in [3.63, 3.8) is 0 Å². The summed E-state index contributed by atoms with van der Waals surface area (Å²) >= 11 is 0. The highest BCUT2D eigenvalue weighted by Crippen LogP contribution is 2.71. The van der Waals surface area contributed by atoms with Crippen molar-refractivity contribution in [1.29, 1.82) is 0 Å². The Balaban J connectivity index is 0.0000000997. The van der Waals surface area contributed by atoms with E-state index in [4.69, 9.17) is 14.2 Å². The molecule has 37 unspecified atom stereocenters. The number of fused-ring (bicyclic) bond motifs is 37. The van der Waals surface area contributed by atoms with Gasteiger partial charge in [0.1, 0.15) is 5.75 Å². The van der Waals surface area contributed by atoms with Crippen LogP contribution in [0.25, 0.3) is 0 Å². The van der Waals surface area contributed by atoms with Crippen molar-refractivity contribution >= 4 is 5.97 Å². The van der Waals surface area contributed by atoms with Gasteiger partial charge in [-0.1, -0.05) is 331 Å². The van der Waals surface area contributed by atoms with Gasteiger partial charge in [0.25, 0.3) is 0 Å². The normalized spacial score (nSPS) is 40.6. The Hall–Kier alpha value is -6.13. The number of hydrogen-bond acceptors (Lipinski definition) is 4. The largest absolute Gasteiger partial charge is 0.493 e. The average Bonchev–Trinajstić information content (AvgIpc) is 1.53. The molecule has 2 aromatic carbocycles. The van der Waals surface area contributed by atoms with Gasteiger partial charge in [-0.3, -0.25) is 4.79 Å². The van der Waals surface area contributed by atoms with Gasteiger partial charge in [0, 0.05) is 6.92 Å². The van der Waals surface area contributed by atoms with Crippen LogP contribution in [0.4, 0.5) is 0 Å². The highest BCUT2D eigenvalue weighted by Gasteiger charge is 2.65. The number of unbranched alkanes of at least 4 members (excludes halogenated alkanes) is 16. The minimum Gasteiger partial charge on any atom is -0.493 e. The molecule has 0 amide bonds. The van der Waals surface area contributed by atoms with E-state index in [0.717, 1.165) is 231 Å². The fourth-order valence-corrected chi connectivity index (χ4v) is 35.6. The molecule has 25 aliphatic carbocycles. The molecule has 0 heterocycles. The first-order chi connectivity index (χ1) is 67.7. The molecule has 138 heavy (non-hydrogen) atoms. The number of hydrogen-bond donors (Lipinski definition) is 0. The van der Waals surface area contributed by atoms with E-state index in [1.807, 2.05) is 31.2 Å². The minimum absolute atomic E-state index is 0.325. The van der Waals surface area contributed by atoms with Crippen molar-refractivity contribution in [3.8, 4) is 17.2 Å². The molecular formula is C134H190O4. The van der Waals surface area contributed by atoms with Gasteiger partial charge < -0.3 is 14.2 Å². The Labute approximate surface area is 842 Å². The second kappa shape index (κ2) is 48.3. The molecule has 0 aromatic heterocycles. The van der Waals surface area contributed by atoms with E-state index in [2.05, 4.69) is 205 Å². The number of carbonyl (C=O) groups excluding carboxylic acids is 1. The molecule has 27 rings (SSSR count). The van der Waals surface area contributed by atoms with Crippen molar-refractivity contribution in [2.45, 2.75) is 363 Å². The molecule has 4 heteroatoms. The molecule has 0 spiro atoms. The first-order valence-electron chi connectivity index (χ1n) is 59.8. The molecule has 14 saturated carbocycles. The van der Waals surface area contributed by atoms with Crippen LogP contribution in [-0.4, -0.2) is 13.1 Å². The van der Waals surface area contributed by atoms with Gasteiger partial charge in [0.2, 0.25) is 0 Å². The standard InChI is InChI=1S/C18H26.C17H20O3.C17H30.C16H18O.C15H18.C15H26.C14H18.C13H22.C9H12/c1(3-15-9-13-5-7-17(15)11-13)2-4-16-10-14-6-8-18(16)12-14;1-11(18)20-16-6-4-13(10-17(16)19-2)9-15-8-12-3-5-14(15)7-12;1-2-3-4-5-6-7-8-9-10-16-13-15-11-12-17(16)14-15;1-11(2)17-15-5-3-4-13(10-15)16-9-12-6-7-14(16)8-12;1-2-10-11(3-1)13-7-12(10)14-8-4-5-9(6-8)15(13)14;1-2-3-4-5-6-7-8-14-11-13-9-10-15(14)12-13;1-2-8-5-11-7-12(8)14-10-4-3-9(6-10)13(11)14;1-2-3-4-5-6-12-9-11-7-8-13(12)10-11;1-2-8-5-7-3-4-9(8)6-7/h5-8,13-18H,1-4,9-12H2;3-6,10,12,14-15H,7-9H2,1-2H3;11-12,15-17H,2-10,13-14H2,1H3;3-7,10,12,14,16H,1,8-9H2,2H3;1-2,4-5,8-15H,3,6-7H2;9-10,13-15H,2-8,11-12H2,1H3;2-4,9-14H,5-7H2,1H3;7-8,11-13H,2-6,9-10H2,1H3;2-4,7,9H,5-6H2,1H3/b;;;;;;8-2+;;8-2+. The lowest BCUT2D eigenvalue weighted by Crippen LogP contribution is -2.34. The molecule has 0 radical (unpaired) electrons.